The van der Waals surface area contributed by atoms with Crippen molar-refractivity contribution in [3.05, 3.63) is 29.8 Å². The van der Waals surface area contributed by atoms with Crippen LogP contribution in [0.15, 0.2) is 24.3 Å². The van der Waals surface area contributed by atoms with Crippen molar-refractivity contribution in [2.24, 2.45) is 5.92 Å². The monoisotopic (exact) mass is 331 g/mol. The summed E-state index contributed by atoms with van der Waals surface area (Å²) in [6, 6.07) is 9.18. The summed E-state index contributed by atoms with van der Waals surface area (Å²) >= 11 is 0. The highest BCUT2D eigenvalue weighted by atomic mass is 16.5. The van der Waals surface area contributed by atoms with E-state index >= 15 is 0 Å². The SMILES string of the molecule is OC1CN(Cc2cccc(OC[C@@H]3CC[C@H]4CNCCN4C3)c2)C1. The lowest BCUT2D eigenvalue weighted by Gasteiger charge is -2.42. The second kappa shape index (κ2) is 7.40. The van der Waals surface area contributed by atoms with Gasteiger partial charge in [0.2, 0.25) is 0 Å². The van der Waals surface area contributed by atoms with Crippen molar-refractivity contribution in [3.8, 4) is 5.75 Å². The number of nitrogens with one attached hydrogen (secondary N) is 1. The second-order valence-corrected chi connectivity index (χ2v) is 7.60. The first-order chi connectivity index (χ1) is 11.8. The fraction of sp³-hybridized carbons (Fsp3) is 0.684. The summed E-state index contributed by atoms with van der Waals surface area (Å²) in [4.78, 5) is 4.90. The zero-order valence-corrected chi connectivity index (χ0v) is 14.4. The van der Waals surface area contributed by atoms with Crippen LogP contribution in [0.1, 0.15) is 18.4 Å². The highest BCUT2D eigenvalue weighted by Gasteiger charge is 2.30. The van der Waals surface area contributed by atoms with E-state index in [1.54, 1.807) is 0 Å². The Morgan fingerprint density at radius 1 is 1.21 bits per heavy atom. The van der Waals surface area contributed by atoms with Gasteiger partial charge in [0, 0.05) is 57.8 Å². The van der Waals surface area contributed by atoms with Gasteiger partial charge < -0.3 is 15.2 Å². The zero-order chi connectivity index (χ0) is 16.4. The van der Waals surface area contributed by atoms with Crippen LogP contribution in [0, 0.1) is 5.92 Å². The van der Waals surface area contributed by atoms with Crippen LogP contribution in [0.3, 0.4) is 0 Å². The van der Waals surface area contributed by atoms with Gasteiger partial charge in [-0.05, 0) is 30.5 Å². The van der Waals surface area contributed by atoms with Crippen LogP contribution in [0.4, 0.5) is 0 Å². The van der Waals surface area contributed by atoms with E-state index in [1.807, 2.05) is 0 Å². The quantitative estimate of drug-likeness (QED) is 0.840. The largest absolute Gasteiger partial charge is 0.493 e. The second-order valence-electron chi connectivity index (χ2n) is 7.60. The Kier molecular flexibility index (Phi) is 5.03. The molecular formula is C19H29N3O2. The molecule has 1 aromatic rings. The van der Waals surface area contributed by atoms with E-state index in [1.165, 1.54) is 31.5 Å². The molecule has 0 unspecified atom stereocenters. The summed E-state index contributed by atoms with van der Waals surface area (Å²) in [6.07, 6.45) is 2.43. The number of fused-ring (bicyclic) bond motifs is 1. The average molecular weight is 331 g/mol. The fourth-order valence-corrected chi connectivity index (χ4v) is 4.19. The van der Waals surface area contributed by atoms with Gasteiger partial charge in [-0.2, -0.15) is 0 Å². The molecule has 0 spiro atoms. The van der Waals surface area contributed by atoms with Crippen LogP contribution >= 0.6 is 0 Å². The van der Waals surface area contributed by atoms with Crippen molar-refractivity contribution < 1.29 is 9.84 Å². The third-order valence-corrected chi connectivity index (χ3v) is 5.60. The Bertz CT molecular complexity index is 547. The maximum absolute atomic E-state index is 9.39. The standard InChI is InChI=1S/C19H29N3O2/c23-18-12-21(13-18)10-15-2-1-3-19(8-15)24-14-16-4-5-17-9-20-6-7-22(17)11-16/h1-3,8,16-18,20,23H,4-7,9-14H2/t16-,17+/m1/s1. The van der Waals surface area contributed by atoms with Crippen molar-refractivity contribution in [1.82, 2.24) is 15.1 Å². The number of aliphatic hydroxyl groups is 1. The average Bonchev–Trinajstić information content (AvgIpc) is 2.59. The predicted octanol–water partition coefficient (Wildman–Crippen LogP) is 0.926. The van der Waals surface area contributed by atoms with E-state index in [2.05, 4.69) is 39.4 Å². The molecule has 0 aliphatic carbocycles. The van der Waals surface area contributed by atoms with Crippen LogP contribution in [0.25, 0.3) is 0 Å². The third-order valence-electron chi connectivity index (χ3n) is 5.60. The van der Waals surface area contributed by atoms with E-state index in [0.29, 0.717) is 5.92 Å². The normalized spacial score (nSPS) is 29.0. The van der Waals surface area contributed by atoms with E-state index in [0.717, 1.165) is 51.1 Å². The van der Waals surface area contributed by atoms with Gasteiger partial charge in [-0.15, -0.1) is 0 Å². The Morgan fingerprint density at radius 2 is 2.12 bits per heavy atom. The van der Waals surface area contributed by atoms with E-state index in [4.69, 9.17) is 4.74 Å². The lowest BCUT2D eigenvalue weighted by atomic mass is 9.92. The molecule has 5 nitrogen and oxygen atoms in total. The molecule has 0 radical (unpaired) electrons. The molecule has 0 saturated carbocycles. The molecule has 3 heterocycles. The van der Waals surface area contributed by atoms with E-state index in [-0.39, 0.29) is 6.10 Å². The van der Waals surface area contributed by atoms with Gasteiger partial charge in [0.05, 0.1) is 12.7 Å². The molecule has 3 fully saturated rings. The van der Waals surface area contributed by atoms with Gasteiger partial charge in [0.15, 0.2) is 0 Å². The first-order valence-electron chi connectivity index (χ1n) is 9.33. The fourth-order valence-electron chi connectivity index (χ4n) is 4.19. The number of piperidine rings is 1. The lowest BCUT2D eigenvalue weighted by molar-refractivity contribution is -0.00290. The molecule has 3 aliphatic heterocycles. The molecule has 4 rings (SSSR count). The summed E-state index contributed by atoms with van der Waals surface area (Å²) in [5.41, 5.74) is 1.27. The number of rotatable bonds is 5. The molecule has 2 N–H and O–H groups in total. The molecule has 1 aromatic carbocycles. The number of hydrogen-bond donors (Lipinski definition) is 2. The maximum atomic E-state index is 9.39. The van der Waals surface area contributed by atoms with Gasteiger partial charge in [-0.3, -0.25) is 9.80 Å². The van der Waals surface area contributed by atoms with Gasteiger partial charge in [-0.1, -0.05) is 12.1 Å². The molecule has 2 atom stereocenters. The highest BCUT2D eigenvalue weighted by molar-refractivity contribution is 5.28. The molecule has 0 amide bonds. The summed E-state index contributed by atoms with van der Waals surface area (Å²) in [5.74, 6) is 1.63. The Hall–Kier alpha value is -1.14. The summed E-state index contributed by atoms with van der Waals surface area (Å²) in [5, 5.41) is 12.9. The molecule has 5 heteroatoms. The predicted molar refractivity (Wildman–Crippen MR) is 94.2 cm³/mol. The van der Waals surface area contributed by atoms with Gasteiger partial charge >= 0.3 is 0 Å². The summed E-state index contributed by atoms with van der Waals surface area (Å²) in [7, 11) is 0. The maximum Gasteiger partial charge on any atom is 0.119 e. The first kappa shape index (κ1) is 16.3. The first-order valence-corrected chi connectivity index (χ1v) is 9.33. The minimum Gasteiger partial charge on any atom is -0.493 e. The number of nitrogens with zero attached hydrogens (tertiary/aromatic N) is 2. The summed E-state index contributed by atoms with van der Waals surface area (Å²) in [6.45, 7) is 7.94. The molecular weight excluding hydrogens is 302 g/mol. The number of β-amino-alcohol motifs (C(OH)–C–C–N with tert-alkyl or cyclic N) is 1. The van der Waals surface area contributed by atoms with Gasteiger partial charge in [0.25, 0.3) is 0 Å². The van der Waals surface area contributed by atoms with Crippen molar-refractivity contribution in [2.45, 2.75) is 31.5 Å². The number of benzene rings is 1. The number of piperazine rings is 1. The molecule has 3 aliphatic rings. The van der Waals surface area contributed by atoms with Crippen molar-refractivity contribution in [2.75, 3.05) is 45.9 Å². The highest BCUT2D eigenvalue weighted by Crippen LogP contribution is 2.24. The van der Waals surface area contributed by atoms with Gasteiger partial charge in [0.1, 0.15) is 5.75 Å². The van der Waals surface area contributed by atoms with Crippen molar-refractivity contribution in [1.29, 1.82) is 0 Å². The number of hydrogen-bond acceptors (Lipinski definition) is 5. The minimum atomic E-state index is -0.135. The van der Waals surface area contributed by atoms with Crippen LogP contribution in [0.5, 0.6) is 5.75 Å². The zero-order valence-electron chi connectivity index (χ0n) is 14.4. The van der Waals surface area contributed by atoms with E-state index < -0.39 is 0 Å². The number of aliphatic hydroxyl groups excluding tert-OH is 1. The molecule has 3 saturated heterocycles. The lowest BCUT2D eigenvalue weighted by Crippen LogP contribution is -2.55. The van der Waals surface area contributed by atoms with Gasteiger partial charge in [-0.25, -0.2) is 0 Å². The van der Waals surface area contributed by atoms with Crippen molar-refractivity contribution >= 4 is 0 Å². The molecule has 0 bridgehead atoms. The van der Waals surface area contributed by atoms with Crippen LogP contribution < -0.4 is 10.1 Å². The minimum absolute atomic E-state index is 0.135. The smallest absolute Gasteiger partial charge is 0.119 e. The topological polar surface area (TPSA) is 48.0 Å². The Labute approximate surface area is 144 Å². The van der Waals surface area contributed by atoms with Crippen molar-refractivity contribution in [3.63, 3.8) is 0 Å². The number of ether oxygens (including phenoxy) is 1. The Morgan fingerprint density at radius 3 is 3.00 bits per heavy atom. The van der Waals surface area contributed by atoms with Crippen LogP contribution in [-0.4, -0.2) is 72.9 Å². The van der Waals surface area contributed by atoms with E-state index in [9.17, 15) is 5.11 Å². The third kappa shape index (κ3) is 3.91. The summed E-state index contributed by atoms with van der Waals surface area (Å²) < 4.78 is 6.11. The number of likely N-dealkylation sites (tertiary alicyclic amines) is 1. The molecule has 24 heavy (non-hydrogen) atoms. The van der Waals surface area contributed by atoms with Crippen LogP contribution in [-0.2, 0) is 6.54 Å². The molecule has 132 valence electrons. The van der Waals surface area contributed by atoms with Crippen LogP contribution in [0.2, 0.25) is 0 Å². The molecule has 0 aromatic heterocycles. The Balaban J connectivity index is 1.26.